The fourth-order valence-corrected chi connectivity index (χ4v) is 7.84. The lowest BCUT2D eigenvalue weighted by Gasteiger charge is -2.53. The molecule has 1 N–H and O–H groups in total. The van der Waals surface area contributed by atoms with Crippen molar-refractivity contribution < 1.29 is 19.5 Å². The van der Waals surface area contributed by atoms with Gasteiger partial charge in [0, 0.05) is 36.7 Å². The first-order valence-corrected chi connectivity index (χ1v) is 12.9. The quantitative estimate of drug-likeness (QED) is 0.322. The number of oxime groups is 1. The molecule has 0 unspecified atom stereocenters. The van der Waals surface area contributed by atoms with Crippen molar-refractivity contribution in [2.24, 2.45) is 22.4 Å². The summed E-state index contributed by atoms with van der Waals surface area (Å²) in [6, 6.07) is 7.79. The van der Waals surface area contributed by atoms with Crippen LogP contribution in [0.4, 0.5) is 0 Å². The van der Waals surface area contributed by atoms with Crippen molar-refractivity contribution in [2.45, 2.75) is 70.8 Å². The Labute approximate surface area is 202 Å². The maximum Gasteiger partial charge on any atom is 0.164 e. The molecule has 1 aromatic rings. The van der Waals surface area contributed by atoms with Gasteiger partial charge in [0.15, 0.2) is 5.78 Å². The minimum absolute atomic E-state index is 0.115. The number of methoxy groups -OCH3 is 1. The van der Waals surface area contributed by atoms with Crippen molar-refractivity contribution in [2.75, 3.05) is 20.3 Å². The van der Waals surface area contributed by atoms with Crippen molar-refractivity contribution in [3.8, 4) is 0 Å². The van der Waals surface area contributed by atoms with Gasteiger partial charge in [-0.1, -0.05) is 41.9 Å². The Morgan fingerprint density at radius 2 is 1.94 bits per heavy atom. The molecule has 0 saturated heterocycles. The van der Waals surface area contributed by atoms with Crippen LogP contribution in [-0.2, 0) is 14.3 Å². The van der Waals surface area contributed by atoms with Crippen molar-refractivity contribution in [3.63, 3.8) is 0 Å². The van der Waals surface area contributed by atoms with Crippen LogP contribution in [0.5, 0.6) is 0 Å². The van der Waals surface area contributed by atoms with Crippen LogP contribution in [0.2, 0.25) is 0 Å². The van der Waals surface area contributed by atoms with E-state index in [2.05, 4.69) is 19.0 Å². The van der Waals surface area contributed by atoms with Crippen LogP contribution in [0.3, 0.4) is 0 Å². The fourth-order valence-electron chi connectivity index (χ4n) is 7.84. The van der Waals surface area contributed by atoms with Crippen LogP contribution in [-0.4, -0.2) is 43.1 Å². The summed E-state index contributed by atoms with van der Waals surface area (Å²) in [6.45, 7) is 5.90. The maximum absolute atomic E-state index is 13.2. The molecule has 0 amide bonds. The van der Waals surface area contributed by atoms with Gasteiger partial charge >= 0.3 is 0 Å². The summed E-state index contributed by atoms with van der Waals surface area (Å²) >= 11 is 0. The number of hydrogen-bond donors (Lipinski definition) is 1. The predicted octanol–water partition coefficient (Wildman–Crippen LogP) is 5.95. The highest BCUT2D eigenvalue weighted by Crippen LogP contribution is 2.64. The highest BCUT2D eigenvalue weighted by Gasteiger charge is 2.62. The van der Waals surface area contributed by atoms with Crippen LogP contribution in [0, 0.1) is 17.3 Å². The summed E-state index contributed by atoms with van der Waals surface area (Å²) in [4.78, 5) is 13.2. The number of allylic oxidation sites excluding steroid dienone is 4. The summed E-state index contributed by atoms with van der Waals surface area (Å²) in [5.41, 5.74) is 6.75. The smallest absolute Gasteiger partial charge is 0.164 e. The Morgan fingerprint density at radius 1 is 1.12 bits per heavy atom. The molecule has 1 aromatic carbocycles. The molecule has 2 saturated carbocycles. The molecule has 0 spiro atoms. The van der Waals surface area contributed by atoms with Gasteiger partial charge in [-0.2, -0.15) is 0 Å². The first-order chi connectivity index (χ1) is 16.5. The SMILES string of the molecule is CCOC[C@]1(OC)CC[C@H]2[C@@H]3CCC4=C(c5ccccc5/C=N\O)C(=O)CCC4=C3CC[C@@]21C. The summed E-state index contributed by atoms with van der Waals surface area (Å²) in [5.74, 6) is 1.38. The van der Waals surface area contributed by atoms with Gasteiger partial charge in [0.25, 0.3) is 0 Å². The van der Waals surface area contributed by atoms with E-state index in [1.807, 2.05) is 31.4 Å². The molecule has 4 atom stereocenters. The number of hydrogen-bond acceptors (Lipinski definition) is 5. The van der Waals surface area contributed by atoms with E-state index in [0.29, 0.717) is 24.9 Å². The zero-order valence-electron chi connectivity index (χ0n) is 20.7. The number of ether oxygens (including phenoxy) is 2. The number of nitrogens with zero attached hydrogens (tertiary/aromatic N) is 1. The van der Waals surface area contributed by atoms with Gasteiger partial charge in [0.1, 0.15) is 0 Å². The Kier molecular flexibility index (Phi) is 6.28. The van der Waals surface area contributed by atoms with Gasteiger partial charge in [-0.3, -0.25) is 4.79 Å². The molecule has 0 heterocycles. The average molecular weight is 464 g/mol. The van der Waals surface area contributed by atoms with Crippen LogP contribution < -0.4 is 0 Å². The zero-order chi connectivity index (χ0) is 23.9. The van der Waals surface area contributed by atoms with E-state index in [0.717, 1.165) is 61.8 Å². The van der Waals surface area contributed by atoms with E-state index in [1.54, 1.807) is 5.57 Å². The predicted molar refractivity (Wildman–Crippen MR) is 133 cm³/mol. The molecule has 2 fully saturated rings. The van der Waals surface area contributed by atoms with Gasteiger partial charge in [-0.15, -0.1) is 0 Å². The fraction of sp³-hybridized carbons (Fsp3) is 0.586. The summed E-state index contributed by atoms with van der Waals surface area (Å²) in [7, 11) is 1.87. The molecule has 0 radical (unpaired) electrons. The number of Topliss-reactive ketones (excluding diaryl/α,β-unsaturated/α-hetero) is 1. The van der Waals surface area contributed by atoms with Crippen molar-refractivity contribution in [3.05, 3.63) is 52.1 Å². The second kappa shape index (κ2) is 9.09. The second-order valence-corrected chi connectivity index (χ2v) is 10.7. The molecular weight excluding hydrogens is 426 g/mol. The monoisotopic (exact) mass is 463 g/mol. The van der Waals surface area contributed by atoms with Crippen LogP contribution in [0.1, 0.15) is 76.3 Å². The lowest BCUT2D eigenvalue weighted by Crippen LogP contribution is -2.53. The molecule has 34 heavy (non-hydrogen) atoms. The normalized spacial score (nSPS) is 33.3. The lowest BCUT2D eigenvalue weighted by atomic mass is 9.54. The molecule has 0 aliphatic heterocycles. The van der Waals surface area contributed by atoms with Gasteiger partial charge in [-0.25, -0.2) is 0 Å². The number of carbonyl (C=O) groups is 1. The number of fused-ring (bicyclic) bond motifs is 4. The Balaban J connectivity index is 1.56. The largest absolute Gasteiger partial charge is 0.411 e. The van der Waals surface area contributed by atoms with Crippen molar-refractivity contribution in [1.82, 2.24) is 0 Å². The molecular formula is C29H37NO4. The molecule has 5 nitrogen and oxygen atoms in total. The molecule has 182 valence electrons. The third-order valence-corrected chi connectivity index (χ3v) is 9.56. The minimum Gasteiger partial charge on any atom is -0.411 e. The third-order valence-electron chi connectivity index (χ3n) is 9.56. The Morgan fingerprint density at radius 3 is 2.71 bits per heavy atom. The van der Waals surface area contributed by atoms with Gasteiger partial charge < -0.3 is 14.7 Å². The first kappa shape index (κ1) is 23.5. The van der Waals surface area contributed by atoms with E-state index in [-0.39, 0.29) is 16.8 Å². The summed E-state index contributed by atoms with van der Waals surface area (Å²) < 4.78 is 12.2. The molecule has 0 bridgehead atoms. The minimum atomic E-state index is -0.198. The van der Waals surface area contributed by atoms with Crippen molar-refractivity contribution in [1.29, 1.82) is 0 Å². The summed E-state index contributed by atoms with van der Waals surface area (Å²) in [5, 5.41) is 12.4. The second-order valence-electron chi connectivity index (χ2n) is 10.7. The first-order valence-electron chi connectivity index (χ1n) is 12.9. The van der Waals surface area contributed by atoms with E-state index >= 15 is 0 Å². The zero-order valence-corrected chi connectivity index (χ0v) is 20.7. The number of benzene rings is 1. The van der Waals surface area contributed by atoms with E-state index in [4.69, 9.17) is 14.7 Å². The lowest BCUT2D eigenvalue weighted by molar-refractivity contribution is -0.152. The van der Waals surface area contributed by atoms with Gasteiger partial charge in [-0.05, 0) is 80.4 Å². The highest BCUT2D eigenvalue weighted by molar-refractivity contribution is 6.24. The van der Waals surface area contributed by atoms with Crippen LogP contribution in [0.15, 0.2) is 46.1 Å². The Bertz CT molecular complexity index is 1070. The van der Waals surface area contributed by atoms with Gasteiger partial charge in [0.05, 0.1) is 18.4 Å². The van der Waals surface area contributed by atoms with E-state index < -0.39 is 0 Å². The van der Waals surface area contributed by atoms with Gasteiger partial charge in [0.2, 0.25) is 0 Å². The number of ketones is 1. The molecule has 5 heteroatoms. The van der Waals surface area contributed by atoms with E-state index in [1.165, 1.54) is 23.8 Å². The highest BCUT2D eigenvalue weighted by atomic mass is 16.5. The summed E-state index contributed by atoms with van der Waals surface area (Å²) in [6.07, 6.45) is 9.32. The average Bonchev–Trinajstić information content (AvgIpc) is 3.15. The molecule has 4 aliphatic carbocycles. The molecule has 0 aromatic heterocycles. The standard InChI is InChI=1S/C29H37NO4/c1-4-34-18-29(33-3)16-14-25-23-9-10-24-21(22(23)13-15-28(25,29)2)11-12-26(31)27(24)20-8-6-5-7-19(20)17-30-32/h5-8,17,23,25,32H,4,9-16,18H2,1-3H3/b30-17-/t23-,25+,28+,29-/m1/s1. The molecule has 5 rings (SSSR count). The Hall–Kier alpha value is -2.24. The van der Waals surface area contributed by atoms with Crippen molar-refractivity contribution >= 4 is 17.6 Å². The maximum atomic E-state index is 13.2. The number of carbonyl (C=O) groups excluding carboxylic acids is 1. The third kappa shape index (κ3) is 3.43. The number of rotatable bonds is 6. The molecule has 4 aliphatic rings. The van der Waals surface area contributed by atoms with Crippen LogP contribution >= 0.6 is 0 Å². The van der Waals surface area contributed by atoms with Crippen LogP contribution in [0.25, 0.3) is 5.57 Å². The topological polar surface area (TPSA) is 68.1 Å². The van der Waals surface area contributed by atoms with E-state index in [9.17, 15) is 4.79 Å².